The highest BCUT2D eigenvalue weighted by molar-refractivity contribution is 5.80. The van der Waals surface area contributed by atoms with Gasteiger partial charge in [-0.1, -0.05) is 222 Å². The molecule has 588 valence electrons. The first kappa shape index (κ1) is 96.5. The molecule has 0 spiro atoms. The van der Waals surface area contributed by atoms with Gasteiger partial charge in [0.05, 0.1) is 35.7 Å². The second-order valence-corrected chi connectivity index (χ2v) is 28.2. The fourth-order valence-corrected chi connectivity index (χ4v) is 13.0. The Kier molecular flexibility index (Phi) is 50.1. The van der Waals surface area contributed by atoms with E-state index < -0.39 is 0 Å². The summed E-state index contributed by atoms with van der Waals surface area (Å²) in [6.07, 6.45) is 21.3. The molecule has 13 heteroatoms. The number of benzene rings is 4. The van der Waals surface area contributed by atoms with E-state index in [1.165, 1.54) is 104 Å². The largest absolute Gasteiger partial charge is 0.370 e. The van der Waals surface area contributed by atoms with Gasteiger partial charge in [0.25, 0.3) is 0 Å². The first-order chi connectivity index (χ1) is 51.2. The maximum absolute atomic E-state index is 11.5. The smallest absolute Gasteiger partial charge is 0.248 e. The first-order valence-electron chi connectivity index (χ1n) is 41.6. The molecule has 8 heterocycles. The average molecular weight is 1450 g/mol. The maximum Gasteiger partial charge on any atom is 0.248 e. The van der Waals surface area contributed by atoms with E-state index in [4.69, 9.17) is 0 Å². The van der Waals surface area contributed by atoms with Gasteiger partial charge in [0.2, 0.25) is 5.56 Å². The lowest BCUT2D eigenvalue weighted by Crippen LogP contribution is -2.51. The average Bonchev–Trinajstić information content (AvgIpc) is 1.24. The van der Waals surface area contributed by atoms with Gasteiger partial charge >= 0.3 is 0 Å². The van der Waals surface area contributed by atoms with Crippen molar-refractivity contribution < 1.29 is 0 Å². The summed E-state index contributed by atoms with van der Waals surface area (Å²) >= 11 is 0. The number of aromatic amines is 2. The van der Waals surface area contributed by atoms with E-state index in [1.807, 2.05) is 176 Å². The van der Waals surface area contributed by atoms with Crippen molar-refractivity contribution in [2.45, 2.75) is 299 Å². The van der Waals surface area contributed by atoms with Crippen LogP contribution in [0, 0.1) is 29.6 Å². The Morgan fingerprint density at radius 1 is 0.519 bits per heavy atom. The molecule has 2 saturated heterocycles. The van der Waals surface area contributed by atoms with Crippen molar-refractivity contribution in [1.82, 2.24) is 50.7 Å². The molecule has 3 aliphatic heterocycles. The zero-order valence-electron chi connectivity index (χ0n) is 71.8. The third-order valence-corrected chi connectivity index (χ3v) is 19.3. The Balaban J connectivity index is 0.000000601. The van der Waals surface area contributed by atoms with Gasteiger partial charge < -0.3 is 20.6 Å². The van der Waals surface area contributed by atoms with Gasteiger partial charge in [0, 0.05) is 94.7 Å². The van der Waals surface area contributed by atoms with E-state index >= 15 is 0 Å². The third kappa shape index (κ3) is 32.5. The number of aryl methyl sites for hydroxylation is 1. The van der Waals surface area contributed by atoms with Crippen molar-refractivity contribution in [3.05, 3.63) is 194 Å². The Hall–Kier alpha value is -7.48. The highest BCUT2D eigenvalue weighted by atomic mass is 16.1. The van der Waals surface area contributed by atoms with Crippen molar-refractivity contribution in [1.29, 1.82) is 0 Å². The summed E-state index contributed by atoms with van der Waals surface area (Å²) in [5.74, 6) is 7.47. The Labute approximate surface area is 645 Å². The van der Waals surface area contributed by atoms with Gasteiger partial charge in [-0.15, -0.1) is 0 Å². The second kappa shape index (κ2) is 55.0. The van der Waals surface area contributed by atoms with Crippen LogP contribution in [0.1, 0.15) is 296 Å². The lowest BCUT2D eigenvalue weighted by molar-refractivity contribution is 0.139. The van der Waals surface area contributed by atoms with E-state index in [0.29, 0.717) is 41.8 Å². The number of fused-ring (bicyclic) bond motifs is 7. The molecule has 5 aromatic heterocycles. The van der Waals surface area contributed by atoms with Gasteiger partial charge in [-0.2, -0.15) is 10.2 Å². The summed E-state index contributed by atoms with van der Waals surface area (Å²) in [5, 5.41) is 19.0. The minimum Gasteiger partial charge on any atom is -0.370 e. The number of piperidine rings is 2. The van der Waals surface area contributed by atoms with Crippen molar-refractivity contribution in [2.24, 2.45) is 34.6 Å². The lowest BCUT2D eigenvalue weighted by Gasteiger charge is -2.41. The topological polar surface area (TPSA) is 170 Å². The molecule has 14 rings (SSSR count). The van der Waals surface area contributed by atoms with Crippen LogP contribution in [0.3, 0.4) is 0 Å². The van der Waals surface area contributed by atoms with Crippen LogP contribution >= 0.6 is 0 Å². The fourth-order valence-electron chi connectivity index (χ4n) is 13.0. The van der Waals surface area contributed by atoms with Crippen LogP contribution in [0.15, 0.2) is 155 Å². The molecule has 6 atom stereocenters. The van der Waals surface area contributed by atoms with Crippen LogP contribution in [-0.4, -0.2) is 90.2 Å². The van der Waals surface area contributed by atoms with Gasteiger partial charge in [0.1, 0.15) is 5.82 Å². The standard InChI is InChI=1S/2C12H13NO.C12H23N.C12H17N.2C11H12N2.C9H17N3.7C2H6/c1-8(2)9-3-5-11-10(7-9)4-6-12(14)13-11;1-8(2)9-3-4-11-10(7-9)12(14)5-6-13-11;2*1-9(2)10-5-6-12-11(8-10)4-3-7-13-12;1-8(2)9-3-4-11-10(7-9)5-6-12-13-11;1-8(2)11-12-7-9-5-3-4-6-10(9)13-11;1-7(2)12-4-3-8-9(5-12)11-6-10-8;7*1-2/h2*3-8H,1-2H3,(H,13,14);9-13H,3-8H2,1-2H3;3-4,7,9-10H,5-6,8H2,1-2H3;2*3-8H,1-2H3;6-9H,3-5H2,1-2H3,(H,10,11);7*1-2H3. The summed E-state index contributed by atoms with van der Waals surface area (Å²) in [7, 11) is 0. The number of para-hydroxylation sites is 1. The number of hydrogen-bond acceptors (Lipinski definition) is 11. The summed E-state index contributed by atoms with van der Waals surface area (Å²) < 4.78 is 0. The molecule has 6 unspecified atom stereocenters. The van der Waals surface area contributed by atoms with E-state index in [2.05, 4.69) is 195 Å². The normalized spacial score (nSPS) is 17.6. The van der Waals surface area contributed by atoms with E-state index in [1.54, 1.807) is 24.5 Å². The van der Waals surface area contributed by atoms with Crippen molar-refractivity contribution in [3.8, 4) is 0 Å². The SMILES string of the molecule is CC.CC.CC.CC.CC.CC.CC.CC(C)C1CCC2NCCCC2C1.CC(C)C1CCc2ncccc2C1.CC(C)N1CCC2N=CNC2C1.CC(C)c1ccc2[nH]c(=O)ccc2c1.CC(C)c1ccc2[nH]ccc(=O)c2c1.CC(C)c1ccc2nnccc2c1.CC(C)c1ncc2ccccc2n1. The lowest BCUT2D eigenvalue weighted by atomic mass is 9.71. The number of aliphatic imine (C=N–C) groups is 1. The molecule has 106 heavy (non-hydrogen) atoms. The predicted molar refractivity (Wildman–Crippen MR) is 466 cm³/mol. The molecule has 0 amide bonds. The fraction of sp³-hybridized carbons (Fsp3) is 0.570. The Morgan fingerprint density at radius 2 is 1.14 bits per heavy atom. The van der Waals surface area contributed by atoms with Gasteiger partial charge in [-0.25, -0.2) is 9.97 Å². The minimum atomic E-state index is -0.0465. The maximum atomic E-state index is 11.5. The monoisotopic (exact) mass is 1450 g/mol. The molecule has 4 N–H and O–H groups in total. The van der Waals surface area contributed by atoms with Crippen LogP contribution in [0.2, 0.25) is 0 Å². The first-order valence-corrected chi connectivity index (χ1v) is 41.6. The molecule has 0 bridgehead atoms. The second-order valence-electron chi connectivity index (χ2n) is 28.2. The summed E-state index contributed by atoms with van der Waals surface area (Å²) in [5.41, 5.74) is 10.5. The quantitative estimate of drug-likeness (QED) is 0.120. The number of nitrogens with one attached hydrogen (secondary N) is 4. The van der Waals surface area contributed by atoms with Gasteiger partial charge in [-0.05, 0) is 214 Å². The number of pyridine rings is 3. The van der Waals surface area contributed by atoms with E-state index in [9.17, 15) is 9.59 Å². The minimum absolute atomic E-state index is 0.0465. The van der Waals surface area contributed by atoms with Crippen molar-refractivity contribution in [3.63, 3.8) is 0 Å². The molecule has 9 aromatic rings. The van der Waals surface area contributed by atoms with Crippen LogP contribution in [0.25, 0.3) is 43.6 Å². The van der Waals surface area contributed by atoms with Crippen LogP contribution in [-0.2, 0) is 12.8 Å². The zero-order chi connectivity index (χ0) is 79.8. The molecule has 13 nitrogen and oxygen atoms in total. The number of H-pyrrole nitrogens is 2. The molecule has 2 aliphatic carbocycles. The number of likely N-dealkylation sites (tertiary alicyclic amines) is 1. The number of nitrogens with zero attached hydrogens (tertiary/aromatic N) is 7. The molecule has 4 aromatic carbocycles. The van der Waals surface area contributed by atoms with Crippen LogP contribution < -0.4 is 21.6 Å². The molecular formula is C93H149N11O2. The summed E-state index contributed by atoms with van der Waals surface area (Å²) in [6, 6.07) is 40.5. The van der Waals surface area contributed by atoms with Crippen LogP contribution in [0.5, 0.6) is 0 Å². The molecule has 5 aliphatic rings. The number of hydrogen-bond donors (Lipinski definition) is 4. The third-order valence-electron chi connectivity index (χ3n) is 19.3. The number of aromatic nitrogens is 7. The van der Waals surface area contributed by atoms with Crippen molar-refractivity contribution in [2.75, 3.05) is 19.6 Å². The van der Waals surface area contributed by atoms with Gasteiger partial charge in [0.15, 0.2) is 5.43 Å². The molecule has 0 radical (unpaired) electrons. The van der Waals surface area contributed by atoms with E-state index in [0.717, 1.165) is 86.2 Å². The Bertz CT molecular complexity index is 3800. The molecular weight excluding hydrogens is 1300 g/mol. The summed E-state index contributed by atoms with van der Waals surface area (Å²) in [6.45, 7) is 62.7. The summed E-state index contributed by atoms with van der Waals surface area (Å²) in [4.78, 5) is 48.5. The zero-order valence-corrected chi connectivity index (χ0v) is 71.8. The van der Waals surface area contributed by atoms with E-state index in [-0.39, 0.29) is 11.0 Å². The van der Waals surface area contributed by atoms with Gasteiger partial charge in [-0.3, -0.25) is 24.5 Å². The molecule has 3 fully saturated rings. The highest BCUT2D eigenvalue weighted by Gasteiger charge is 2.33. The highest BCUT2D eigenvalue weighted by Crippen LogP contribution is 2.38. The Morgan fingerprint density at radius 3 is 1.77 bits per heavy atom. The van der Waals surface area contributed by atoms with Crippen molar-refractivity contribution >= 4 is 50.0 Å². The number of rotatable bonds is 7. The van der Waals surface area contributed by atoms with Crippen LogP contribution in [0.4, 0.5) is 0 Å². The predicted octanol–water partition coefficient (Wildman–Crippen LogP) is 24.1. The molecule has 1 saturated carbocycles.